The number of aromatic nitrogens is 5. The fraction of sp³-hybridized carbons (Fsp3) is 0.286. The third kappa shape index (κ3) is 1.38. The van der Waals surface area contributed by atoms with Gasteiger partial charge >= 0.3 is 0 Å². The standard InChI is InChI=1S/C7H8N6OS/c1-4-5(11-14)6(12(2)10-4)13-3-8-9-7(13)15/h3H,1-2H3,(H,9,15). The molecule has 2 rings (SSSR count). The lowest BCUT2D eigenvalue weighted by Crippen LogP contribution is -2.02. The smallest absolute Gasteiger partial charge is 0.200 e. The monoisotopic (exact) mass is 224 g/mol. The summed E-state index contributed by atoms with van der Waals surface area (Å²) in [5.74, 6) is 0.515. The molecular weight excluding hydrogens is 216 g/mol. The molecule has 0 saturated carbocycles. The number of nitrogens with zero attached hydrogens (tertiary/aromatic N) is 5. The maximum atomic E-state index is 10.7. The highest BCUT2D eigenvalue weighted by molar-refractivity contribution is 7.71. The maximum absolute atomic E-state index is 10.7. The van der Waals surface area contributed by atoms with Crippen LogP contribution in [-0.4, -0.2) is 24.5 Å². The van der Waals surface area contributed by atoms with Crippen LogP contribution in [0, 0.1) is 16.6 Å². The number of nitroso groups, excluding NO2 is 1. The lowest BCUT2D eigenvalue weighted by Gasteiger charge is -2.00. The van der Waals surface area contributed by atoms with Gasteiger partial charge in [-0.2, -0.15) is 10.2 Å². The molecule has 0 aliphatic rings. The summed E-state index contributed by atoms with van der Waals surface area (Å²) in [7, 11) is 1.71. The van der Waals surface area contributed by atoms with E-state index in [0.717, 1.165) is 0 Å². The first-order chi connectivity index (χ1) is 7.15. The first kappa shape index (κ1) is 9.71. The van der Waals surface area contributed by atoms with Crippen molar-refractivity contribution in [1.29, 1.82) is 0 Å². The molecule has 7 nitrogen and oxygen atoms in total. The molecule has 2 aromatic heterocycles. The van der Waals surface area contributed by atoms with Crippen LogP contribution in [0.15, 0.2) is 11.5 Å². The lowest BCUT2D eigenvalue weighted by atomic mass is 10.4. The Kier molecular flexibility index (Phi) is 2.19. The van der Waals surface area contributed by atoms with E-state index in [0.29, 0.717) is 16.3 Å². The Morgan fingerprint density at radius 3 is 2.87 bits per heavy atom. The van der Waals surface area contributed by atoms with Crippen molar-refractivity contribution in [2.24, 2.45) is 12.2 Å². The molecule has 0 aromatic carbocycles. The van der Waals surface area contributed by atoms with Crippen LogP contribution in [0.2, 0.25) is 0 Å². The van der Waals surface area contributed by atoms with E-state index >= 15 is 0 Å². The number of rotatable bonds is 2. The van der Waals surface area contributed by atoms with Gasteiger partial charge < -0.3 is 0 Å². The molecule has 15 heavy (non-hydrogen) atoms. The average molecular weight is 224 g/mol. The van der Waals surface area contributed by atoms with E-state index < -0.39 is 0 Å². The van der Waals surface area contributed by atoms with Crippen LogP contribution < -0.4 is 0 Å². The summed E-state index contributed by atoms with van der Waals surface area (Å²) in [5, 5.41) is 13.4. The van der Waals surface area contributed by atoms with Gasteiger partial charge in [0.05, 0.1) is 5.69 Å². The summed E-state index contributed by atoms with van der Waals surface area (Å²) in [5.41, 5.74) is 0.834. The van der Waals surface area contributed by atoms with Gasteiger partial charge in [0.2, 0.25) is 4.77 Å². The molecule has 0 bridgehead atoms. The molecule has 2 heterocycles. The molecule has 0 atom stereocenters. The molecule has 0 aliphatic heterocycles. The first-order valence-corrected chi connectivity index (χ1v) is 4.55. The molecule has 0 amide bonds. The molecule has 0 unspecified atom stereocenters. The zero-order valence-electron chi connectivity index (χ0n) is 8.13. The Bertz CT molecular complexity index is 564. The van der Waals surface area contributed by atoms with Gasteiger partial charge in [0.1, 0.15) is 6.33 Å². The van der Waals surface area contributed by atoms with Crippen LogP contribution in [-0.2, 0) is 7.05 Å². The predicted octanol–water partition coefficient (Wildman–Crippen LogP) is 1.37. The van der Waals surface area contributed by atoms with Crippen molar-refractivity contribution in [2.45, 2.75) is 6.92 Å². The van der Waals surface area contributed by atoms with E-state index in [9.17, 15) is 4.91 Å². The highest BCUT2D eigenvalue weighted by Crippen LogP contribution is 2.26. The summed E-state index contributed by atoms with van der Waals surface area (Å²) in [6, 6.07) is 0. The molecule has 0 fully saturated rings. The van der Waals surface area contributed by atoms with Crippen molar-refractivity contribution < 1.29 is 0 Å². The van der Waals surface area contributed by atoms with Crippen LogP contribution >= 0.6 is 12.2 Å². The Balaban J connectivity index is 2.77. The highest BCUT2D eigenvalue weighted by atomic mass is 32.1. The van der Waals surface area contributed by atoms with Crippen LogP contribution in [0.5, 0.6) is 0 Å². The third-order valence-corrected chi connectivity index (χ3v) is 2.32. The second-order valence-corrected chi connectivity index (χ2v) is 3.39. The minimum absolute atomic E-state index is 0.273. The quantitative estimate of drug-likeness (QED) is 0.617. The van der Waals surface area contributed by atoms with Crippen molar-refractivity contribution >= 4 is 17.9 Å². The van der Waals surface area contributed by atoms with E-state index in [4.69, 9.17) is 12.2 Å². The molecule has 0 aliphatic carbocycles. The fourth-order valence-electron chi connectivity index (χ4n) is 1.41. The van der Waals surface area contributed by atoms with Gasteiger partial charge in [0.25, 0.3) is 0 Å². The predicted molar refractivity (Wildman–Crippen MR) is 55.7 cm³/mol. The molecule has 0 radical (unpaired) electrons. The Labute approximate surface area is 89.7 Å². The summed E-state index contributed by atoms with van der Waals surface area (Å²) < 4.78 is 3.48. The highest BCUT2D eigenvalue weighted by Gasteiger charge is 2.16. The number of aryl methyl sites for hydroxylation is 2. The topological polar surface area (TPSA) is 80.9 Å². The Hall–Kier alpha value is -1.83. The first-order valence-electron chi connectivity index (χ1n) is 4.14. The number of hydrogen-bond donors (Lipinski definition) is 1. The third-order valence-electron chi connectivity index (χ3n) is 2.03. The molecule has 8 heteroatoms. The van der Waals surface area contributed by atoms with Gasteiger partial charge in [-0.3, -0.25) is 9.67 Å². The summed E-state index contributed by atoms with van der Waals surface area (Å²) in [6.07, 6.45) is 1.48. The molecule has 0 spiro atoms. The van der Waals surface area contributed by atoms with Crippen LogP contribution in [0.3, 0.4) is 0 Å². The van der Waals surface area contributed by atoms with E-state index in [2.05, 4.69) is 20.5 Å². The van der Waals surface area contributed by atoms with Crippen LogP contribution in [0.25, 0.3) is 5.82 Å². The number of hydrogen-bond acceptors (Lipinski definition) is 5. The number of aromatic amines is 1. The van der Waals surface area contributed by atoms with Gasteiger partial charge in [-0.1, -0.05) is 0 Å². The molecule has 0 saturated heterocycles. The van der Waals surface area contributed by atoms with E-state index in [1.165, 1.54) is 11.0 Å². The minimum Gasteiger partial charge on any atom is -0.256 e. The SMILES string of the molecule is Cc1nn(C)c(-n2cn[nH]c2=S)c1N=O. The van der Waals surface area contributed by atoms with Gasteiger partial charge in [-0.25, -0.2) is 4.68 Å². The summed E-state index contributed by atoms with van der Waals surface area (Å²) in [6.45, 7) is 1.71. The average Bonchev–Trinajstić information content (AvgIpc) is 2.70. The zero-order valence-corrected chi connectivity index (χ0v) is 8.95. The summed E-state index contributed by atoms with van der Waals surface area (Å²) in [4.78, 5) is 10.7. The van der Waals surface area contributed by atoms with Crippen molar-refractivity contribution in [3.63, 3.8) is 0 Å². The Morgan fingerprint density at radius 2 is 2.33 bits per heavy atom. The van der Waals surface area contributed by atoms with Crippen LogP contribution in [0.1, 0.15) is 5.69 Å². The molecule has 2 aromatic rings. The second-order valence-electron chi connectivity index (χ2n) is 3.00. The van der Waals surface area contributed by atoms with Gasteiger partial charge in [-0.15, -0.1) is 4.91 Å². The second kappa shape index (κ2) is 3.39. The molecule has 78 valence electrons. The van der Waals surface area contributed by atoms with E-state index in [1.807, 2.05) is 0 Å². The van der Waals surface area contributed by atoms with E-state index in [-0.39, 0.29) is 5.69 Å². The largest absolute Gasteiger partial charge is 0.256 e. The number of H-pyrrole nitrogens is 1. The van der Waals surface area contributed by atoms with Gasteiger partial charge in [-0.05, 0) is 24.3 Å². The van der Waals surface area contributed by atoms with Crippen molar-refractivity contribution in [2.75, 3.05) is 0 Å². The van der Waals surface area contributed by atoms with Crippen molar-refractivity contribution in [3.8, 4) is 5.82 Å². The van der Waals surface area contributed by atoms with Crippen LogP contribution in [0.4, 0.5) is 5.69 Å². The maximum Gasteiger partial charge on any atom is 0.200 e. The lowest BCUT2D eigenvalue weighted by molar-refractivity contribution is 0.719. The van der Waals surface area contributed by atoms with Crippen molar-refractivity contribution in [1.82, 2.24) is 24.5 Å². The zero-order chi connectivity index (χ0) is 11.0. The molecular formula is C7H8N6OS. The Morgan fingerprint density at radius 1 is 1.60 bits per heavy atom. The van der Waals surface area contributed by atoms with Gasteiger partial charge in [0.15, 0.2) is 11.5 Å². The fourth-order valence-corrected chi connectivity index (χ4v) is 1.60. The minimum atomic E-state index is 0.273. The number of nitrogens with one attached hydrogen (secondary N) is 1. The van der Waals surface area contributed by atoms with Crippen molar-refractivity contribution in [3.05, 3.63) is 21.7 Å². The van der Waals surface area contributed by atoms with Gasteiger partial charge in [0, 0.05) is 7.05 Å². The van der Waals surface area contributed by atoms with E-state index in [1.54, 1.807) is 18.5 Å². The molecule has 1 N–H and O–H groups in total. The summed E-state index contributed by atoms with van der Waals surface area (Å²) >= 11 is 5.00. The normalized spacial score (nSPS) is 10.5.